The molecule has 3 rings (SSSR count). The van der Waals surface area contributed by atoms with E-state index in [2.05, 4.69) is 26.6 Å². The smallest absolute Gasteiger partial charge is 0.445 e. The second kappa shape index (κ2) is 61.4. The summed E-state index contributed by atoms with van der Waals surface area (Å²) >= 11 is 0. The molecule has 0 aromatic heterocycles. The monoisotopic (exact) mass is 1640 g/mol. The highest BCUT2D eigenvalue weighted by Gasteiger charge is 2.42. The second-order valence-corrected chi connectivity index (χ2v) is 20.9. The van der Waals surface area contributed by atoms with E-state index in [1.807, 2.05) is 0 Å². The molecule has 0 unspecified atom stereocenters. The molecule has 0 aliphatic rings. The van der Waals surface area contributed by atoms with Gasteiger partial charge in [0, 0.05) is 157 Å². The van der Waals surface area contributed by atoms with Gasteiger partial charge in [-0.3, -0.25) is 28.8 Å². The lowest BCUT2D eigenvalue weighted by atomic mass is 10.2. The Morgan fingerprint density at radius 1 is 0.261 bits per heavy atom. The Balaban J connectivity index is -0.000000355. The normalized spacial score (nSPS) is 10.9. The predicted molar refractivity (Wildman–Crippen MR) is 375 cm³/mol. The van der Waals surface area contributed by atoms with Gasteiger partial charge in [0.2, 0.25) is 0 Å². The first-order valence-electron chi connectivity index (χ1n) is 31.6. The second-order valence-electron chi connectivity index (χ2n) is 20.9. The fraction of sp³-hybridized carbons (Fsp3) is 0.585. The highest BCUT2D eigenvalue weighted by Crippen LogP contribution is 2.18. The largest absolute Gasteiger partial charge is 0.471 e. The molecule has 15 N–H and O–H groups in total. The third-order valence-electron chi connectivity index (χ3n) is 12.5. The Labute approximate surface area is 632 Å². The van der Waals surface area contributed by atoms with Crippen molar-refractivity contribution >= 4 is 53.7 Å². The number of hydrogen-bond acceptors (Lipinski definition) is 19. The number of alkyl halides is 18. The summed E-state index contributed by atoms with van der Waals surface area (Å²) in [7, 11) is 0. The van der Waals surface area contributed by atoms with Gasteiger partial charge in [-0.2, -0.15) is 79.0 Å². The lowest BCUT2D eigenvalue weighted by molar-refractivity contribution is -0.173. The zero-order valence-electron chi connectivity index (χ0n) is 56.5. The average Bonchev–Trinajstić information content (AvgIpc) is 0.892. The highest BCUT2D eigenvalue weighted by atomic mass is 19.4. The van der Waals surface area contributed by atoms with Gasteiger partial charge < -0.3 is 98.9 Å². The Kier molecular flexibility index (Phi) is 62.3. The lowest BCUT2D eigenvalue weighted by Gasteiger charge is -2.27. The van der Waals surface area contributed by atoms with Crippen molar-refractivity contribution < 1.29 is 136 Å². The summed E-state index contributed by atoms with van der Waals surface area (Å²) in [6, 6.07) is 25.4. The zero-order valence-corrected chi connectivity index (χ0v) is 56.5. The summed E-state index contributed by atoms with van der Waals surface area (Å²) in [5.41, 5.74) is 12.4. The maximum Gasteiger partial charge on any atom is 0.471 e. The van der Waals surface area contributed by atoms with Crippen molar-refractivity contribution in [3.05, 3.63) is 108 Å². The summed E-state index contributed by atoms with van der Waals surface area (Å²) in [6.07, 6.45) is -33.1. The van der Waals surface area contributed by atoms with Gasteiger partial charge in [0.05, 0.1) is 0 Å². The van der Waals surface area contributed by atoms with E-state index in [9.17, 15) is 122 Å². The van der Waals surface area contributed by atoms with Crippen LogP contribution in [-0.4, -0.2) is 263 Å². The summed E-state index contributed by atoms with van der Waals surface area (Å²) in [4.78, 5) is 105. The number of amides is 9. The van der Waals surface area contributed by atoms with Crippen molar-refractivity contribution in [3.8, 4) is 0 Å². The van der Waals surface area contributed by atoms with Gasteiger partial charge in [-0.1, -0.05) is 128 Å². The number of ether oxygens (including phenoxy) is 3. The van der Waals surface area contributed by atoms with Gasteiger partial charge in [-0.05, 0) is 16.7 Å². The molecule has 0 saturated carbocycles. The quantitative estimate of drug-likeness (QED) is 0.0177. The van der Waals surface area contributed by atoms with E-state index >= 15 is 0 Å². The van der Waals surface area contributed by atoms with Crippen molar-refractivity contribution in [1.29, 1.82) is 0 Å². The summed E-state index contributed by atoms with van der Waals surface area (Å²) in [5.74, 6) is -12.8. The van der Waals surface area contributed by atoms with Gasteiger partial charge >= 0.3 is 90.8 Å². The molecular weight excluding hydrogens is 1540 g/mol. The van der Waals surface area contributed by atoms with Gasteiger partial charge in [0.1, 0.15) is 19.8 Å². The number of nitrogens with one attached hydrogen (secondary N) is 11. The Bertz CT molecular complexity index is 2860. The molecule has 9 amide bonds. The Morgan fingerprint density at radius 3 is 0.658 bits per heavy atom. The fourth-order valence-corrected chi connectivity index (χ4v) is 7.26. The van der Waals surface area contributed by atoms with E-state index in [0.29, 0.717) is 42.9 Å². The first-order chi connectivity index (χ1) is 49.6. The van der Waals surface area contributed by atoms with E-state index in [4.69, 9.17) is 25.7 Å². The molecule has 0 saturated heterocycles. The Hall–Kier alpha value is -9.25. The number of nitrogens with two attached hydrogens (primary N) is 2. The van der Waals surface area contributed by atoms with E-state index in [0.717, 1.165) is 40.9 Å². The molecule has 46 heteroatoms. The Morgan fingerprint density at radius 2 is 0.441 bits per heavy atom. The molecule has 3 aromatic rings. The molecule has 0 bridgehead atoms. The van der Waals surface area contributed by atoms with E-state index in [1.165, 1.54) is 0 Å². The van der Waals surface area contributed by atoms with Crippen molar-refractivity contribution in [2.24, 2.45) is 11.5 Å². The van der Waals surface area contributed by atoms with Crippen LogP contribution in [0.1, 0.15) is 53.8 Å². The highest BCUT2D eigenvalue weighted by molar-refractivity contribution is 5.84. The number of carbonyl (C=O) groups excluding carboxylic acids is 9. The topological polar surface area (TPSA) is 375 Å². The molecule has 28 nitrogen and oxygen atoms in total. The van der Waals surface area contributed by atoms with Crippen LogP contribution in [0.25, 0.3) is 0 Å². The molecule has 0 heterocycles. The lowest BCUT2D eigenvalue weighted by Crippen LogP contribution is -2.47. The van der Waals surface area contributed by atoms with Crippen LogP contribution in [0.4, 0.5) is 93.4 Å². The third kappa shape index (κ3) is 58.4. The van der Waals surface area contributed by atoms with Gasteiger partial charge in [0.25, 0.3) is 0 Å². The molecule has 0 fully saturated rings. The van der Waals surface area contributed by atoms with Crippen molar-refractivity contribution in [1.82, 2.24) is 73.2 Å². The SMILES string of the molecule is C.C.C.C.C.NCCNCCNCCN.O=C(NCCNCCNCCNC(=O)C(F)(F)F)C(F)(F)F.O=C(OCc1ccccc1)N(CCNC(=O)C(F)(F)F)CCN(CCNC(=O)C(F)(F)F)C(=O)OCc1ccccc1.O=C(OCc1ccccc1)N(CCNCCNC(=O)C(F)(F)F)CCNC(=O)C(F)(F)F. The minimum Gasteiger partial charge on any atom is -0.445 e. The summed E-state index contributed by atoms with van der Waals surface area (Å²) < 4.78 is 235. The van der Waals surface area contributed by atoms with Crippen LogP contribution in [0.5, 0.6) is 0 Å². The van der Waals surface area contributed by atoms with Gasteiger partial charge in [-0.15, -0.1) is 0 Å². The molecule has 0 spiro atoms. The average molecular weight is 1640 g/mol. The van der Waals surface area contributed by atoms with Crippen LogP contribution in [0.15, 0.2) is 91.0 Å². The van der Waals surface area contributed by atoms with Crippen molar-refractivity contribution in [3.63, 3.8) is 0 Å². The van der Waals surface area contributed by atoms with E-state index in [-0.39, 0.29) is 129 Å². The first-order valence-corrected chi connectivity index (χ1v) is 31.6. The molecular formula is C65H104F18N16O12. The van der Waals surface area contributed by atoms with Gasteiger partial charge in [-0.25, -0.2) is 14.4 Å². The number of carbonyl (C=O) groups is 9. The maximum atomic E-state index is 12.7. The predicted octanol–water partition coefficient (Wildman–Crippen LogP) is 5.98. The summed E-state index contributed by atoms with van der Waals surface area (Å²) in [5, 5.41) is 24.3. The van der Waals surface area contributed by atoms with E-state index < -0.39 is 124 Å². The van der Waals surface area contributed by atoms with Gasteiger partial charge in [0.15, 0.2) is 0 Å². The molecule has 0 aliphatic heterocycles. The molecule has 0 radical (unpaired) electrons. The number of nitrogens with zero attached hydrogens (tertiary/aromatic N) is 3. The van der Waals surface area contributed by atoms with Crippen molar-refractivity contribution in [2.45, 2.75) is 94.0 Å². The minimum atomic E-state index is -5.15. The minimum absolute atomic E-state index is 0. The summed E-state index contributed by atoms with van der Waals surface area (Å²) in [6.45, 7) is 0.934. The first kappa shape index (κ1) is 113. The molecule has 111 heavy (non-hydrogen) atoms. The number of rotatable bonds is 40. The zero-order chi connectivity index (χ0) is 80.3. The van der Waals surface area contributed by atoms with Crippen LogP contribution in [-0.2, 0) is 62.8 Å². The number of halogens is 18. The van der Waals surface area contributed by atoms with E-state index in [1.54, 1.807) is 123 Å². The number of hydrogen-bond donors (Lipinski definition) is 13. The third-order valence-corrected chi connectivity index (χ3v) is 12.5. The van der Waals surface area contributed by atoms with Crippen LogP contribution < -0.4 is 70.0 Å². The molecule has 3 aromatic carbocycles. The van der Waals surface area contributed by atoms with Crippen LogP contribution in [0.2, 0.25) is 0 Å². The molecule has 0 atom stereocenters. The fourth-order valence-electron chi connectivity index (χ4n) is 7.26. The molecule has 0 aliphatic carbocycles. The van der Waals surface area contributed by atoms with Crippen molar-refractivity contribution in [2.75, 3.05) is 157 Å². The standard InChI is InChI=1S/C26H28F6N4O6.C18H22F6N4O4.C10H16F6N4O2.C6H18N4.5CH4/c27-25(28,29)21(37)33-11-13-35(23(39)41-17-19-7-3-1-4-8-19)15-16-36(14-12-34-22(38)26(30,31)32)24(40)42-18-20-9-5-2-6-10-20;19-17(20,21)14(29)26-7-6-25-8-10-28(11-9-27-15(30)18(22,23)24)16(31)32-12-13-4-2-1-3-5-13;11-9(12,13)7(21)19-5-3-17-1-2-18-4-6-20-8(22)10(14,15)16;7-1-3-9-5-6-10-4-2-8;;;;;/h1-10H,11-18H2,(H,33,37)(H,34,38);1-5,25H,6-12H2,(H,26,29)(H,27,30);17-18H,1-6H2,(H,19,21)(H,20,22);9-10H,1-8H2;5*1H4. The maximum absolute atomic E-state index is 12.7. The molecule has 642 valence electrons. The van der Waals surface area contributed by atoms with Crippen LogP contribution >= 0.6 is 0 Å². The van der Waals surface area contributed by atoms with Crippen LogP contribution in [0.3, 0.4) is 0 Å². The van der Waals surface area contributed by atoms with Crippen LogP contribution in [0, 0.1) is 0 Å². The number of benzene rings is 3.